The van der Waals surface area contributed by atoms with Gasteiger partial charge in [0.15, 0.2) is 0 Å². The van der Waals surface area contributed by atoms with Gasteiger partial charge in [-0.15, -0.1) is 0 Å². The number of nitrogens with zero attached hydrogens (tertiary/aromatic N) is 2. The molecular formula is C26H20N2O8. The summed E-state index contributed by atoms with van der Waals surface area (Å²) in [5.41, 5.74) is 1.72. The first-order valence-corrected chi connectivity index (χ1v) is 10.6. The molecule has 0 radical (unpaired) electrons. The number of ether oxygens (including phenoxy) is 2. The summed E-state index contributed by atoms with van der Waals surface area (Å²) in [4.78, 5) is 44.9. The molecule has 0 saturated carbocycles. The Morgan fingerprint density at radius 2 is 1.00 bits per heavy atom. The van der Waals surface area contributed by atoms with Gasteiger partial charge in [-0.05, 0) is 35.4 Å². The summed E-state index contributed by atoms with van der Waals surface area (Å²) < 4.78 is 10.3. The molecule has 10 nitrogen and oxygen atoms in total. The molecule has 3 aromatic rings. The van der Waals surface area contributed by atoms with Crippen molar-refractivity contribution in [2.24, 2.45) is 0 Å². The second-order valence-corrected chi connectivity index (χ2v) is 7.33. The van der Waals surface area contributed by atoms with Crippen LogP contribution in [0.15, 0.2) is 84.9 Å². The van der Waals surface area contributed by atoms with E-state index in [4.69, 9.17) is 9.47 Å². The Balaban J connectivity index is 1.47. The van der Waals surface area contributed by atoms with Crippen molar-refractivity contribution in [3.8, 4) is 0 Å². The Morgan fingerprint density at radius 1 is 0.639 bits per heavy atom. The van der Waals surface area contributed by atoms with Gasteiger partial charge < -0.3 is 9.47 Å². The lowest BCUT2D eigenvalue weighted by Crippen LogP contribution is -2.02. The van der Waals surface area contributed by atoms with Gasteiger partial charge >= 0.3 is 11.9 Å². The number of esters is 2. The minimum Gasteiger partial charge on any atom is -0.458 e. The van der Waals surface area contributed by atoms with Crippen LogP contribution in [0, 0.1) is 20.2 Å². The fourth-order valence-corrected chi connectivity index (χ4v) is 3.04. The van der Waals surface area contributed by atoms with Crippen LogP contribution in [0.2, 0.25) is 0 Å². The molecule has 0 saturated heterocycles. The molecule has 0 N–H and O–H groups in total. The lowest BCUT2D eigenvalue weighted by atomic mass is 10.1. The minimum atomic E-state index is -0.656. The highest BCUT2D eigenvalue weighted by Crippen LogP contribution is 2.20. The Bertz CT molecular complexity index is 1230. The van der Waals surface area contributed by atoms with E-state index in [2.05, 4.69) is 0 Å². The third-order valence-electron chi connectivity index (χ3n) is 4.85. The van der Waals surface area contributed by atoms with Crippen molar-refractivity contribution in [3.63, 3.8) is 0 Å². The molecule has 0 fully saturated rings. The van der Waals surface area contributed by atoms with Crippen LogP contribution in [0.3, 0.4) is 0 Å². The van der Waals surface area contributed by atoms with Crippen LogP contribution in [0.4, 0.5) is 11.4 Å². The number of rotatable bonds is 10. The van der Waals surface area contributed by atoms with E-state index < -0.39 is 21.8 Å². The summed E-state index contributed by atoms with van der Waals surface area (Å²) in [6.07, 6.45) is 4.88. The van der Waals surface area contributed by atoms with Gasteiger partial charge in [0.25, 0.3) is 11.4 Å². The van der Waals surface area contributed by atoms with Crippen molar-refractivity contribution >= 4 is 35.5 Å². The van der Waals surface area contributed by atoms with Gasteiger partial charge in [0, 0.05) is 24.3 Å². The Kier molecular flexibility index (Phi) is 8.76. The molecule has 0 amide bonds. The van der Waals surface area contributed by atoms with E-state index in [0.29, 0.717) is 11.1 Å². The molecule has 36 heavy (non-hydrogen) atoms. The van der Waals surface area contributed by atoms with Gasteiger partial charge in [0.05, 0.1) is 21.0 Å². The van der Waals surface area contributed by atoms with Gasteiger partial charge in [-0.25, -0.2) is 9.59 Å². The van der Waals surface area contributed by atoms with Crippen LogP contribution in [0.5, 0.6) is 0 Å². The van der Waals surface area contributed by atoms with Crippen LogP contribution in [0.1, 0.15) is 22.3 Å². The van der Waals surface area contributed by atoms with Crippen molar-refractivity contribution < 1.29 is 28.9 Å². The fraction of sp³-hybridized carbons (Fsp3) is 0.0769. The molecule has 0 aliphatic rings. The smallest absolute Gasteiger partial charge is 0.331 e. The maximum Gasteiger partial charge on any atom is 0.331 e. The zero-order valence-electron chi connectivity index (χ0n) is 18.8. The predicted molar refractivity (Wildman–Crippen MR) is 130 cm³/mol. The zero-order chi connectivity index (χ0) is 25.9. The molecule has 182 valence electrons. The van der Waals surface area contributed by atoms with E-state index in [1.807, 2.05) is 0 Å². The monoisotopic (exact) mass is 488 g/mol. The number of nitro benzene ring substituents is 2. The number of benzene rings is 3. The number of carbonyl (C=O) groups excluding carboxylic acids is 2. The summed E-state index contributed by atoms with van der Waals surface area (Å²) in [6, 6.07) is 18.9. The first kappa shape index (κ1) is 25.5. The fourth-order valence-electron chi connectivity index (χ4n) is 3.04. The first-order valence-electron chi connectivity index (χ1n) is 10.6. The average Bonchev–Trinajstić information content (AvgIpc) is 2.89. The summed E-state index contributed by atoms with van der Waals surface area (Å²) in [6.45, 7) is -0.0303. The van der Waals surface area contributed by atoms with Gasteiger partial charge in [-0.1, -0.05) is 48.5 Å². The number of hydrogen-bond donors (Lipinski definition) is 0. The van der Waals surface area contributed by atoms with Gasteiger partial charge in [0.2, 0.25) is 0 Å². The highest BCUT2D eigenvalue weighted by Gasteiger charge is 2.11. The van der Waals surface area contributed by atoms with Crippen LogP contribution in [-0.4, -0.2) is 21.8 Å². The minimum absolute atomic E-state index is 0.0152. The van der Waals surface area contributed by atoms with Crippen molar-refractivity contribution in [1.29, 1.82) is 0 Å². The van der Waals surface area contributed by atoms with Crippen molar-refractivity contribution in [3.05, 3.63) is 127 Å². The maximum atomic E-state index is 12.0. The molecule has 10 heteroatoms. The number of para-hydroxylation sites is 2. The SMILES string of the molecule is O=C(/C=C/c1ccccc1[N+](=O)[O-])OCc1ccc(COC(=O)/C=C/c2ccccc2[N+](=O)[O-])cc1. The molecule has 0 aliphatic carbocycles. The summed E-state index contributed by atoms with van der Waals surface area (Å²) >= 11 is 0. The molecule has 0 bridgehead atoms. The Labute approximate surface area is 205 Å². The standard InChI is InChI=1S/C26H20N2O8/c29-25(15-13-21-5-1-3-7-23(21)27(31)32)35-17-19-9-11-20(12-10-19)18-36-26(30)16-14-22-6-2-4-8-24(22)28(33)34/h1-16H,17-18H2/b15-13+,16-14+. The normalized spacial score (nSPS) is 10.9. The Hall–Kier alpha value is -5.12. The summed E-state index contributed by atoms with van der Waals surface area (Å²) in [7, 11) is 0. The molecule has 0 aromatic heterocycles. The second kappa shape index (κ2) is 12.4. The highest BCUT2D eigenvalue weighted by atomic mass is 16.6. The highest BCUT2D eigenvalue weighted by molar-refractivity contribution is 5.88. The lowest BCUT2D eigenvalue weighted by Gasteiger charge is -2.05. The van der Waals surface area contributed by atoms with E-state index in [1.54, 1.807) is 36.4 Å². The third-order valence-corrected chi connectivity index (χ3v) is 4.85. The summed E-state index contributed by atoms with van der Waals surface area (Å²) in [5, 5.41) is 22.0. The molecule has 0 spiro atoms. The van der Waals surface area contributed by atoms with Gasteiger partial charge in [-0.3, -0.25) is 20.2 Å². The summed E-state index contributed by atoms with van der Waals surface area (Å²) in [5.74, 6) is -1.31. The molecule has 3 aromatic carbocycles. The van der Waals surface area contributed by atoms with E-state index in [9.17, 15) is 29.8 Å². The maximum absolute atomic E-state index is 12.0. The molecule has 3 rings (SSSR count). The van der Waals surface area contributed by atoms with E-state index in [-0.39, 0.29) is 35.7 Å². The van der Waals surface area contributed by atoms with Crippen molar-refractivity contribution in [2.75, 3.05) is 0 Å². The first-order chi connectivity index (χ1) is 17.3. The third kappa shape index (κ3) is 7.45. The average molecular weight is 488 g/mol. The molecule has 0 aliphatic heterocycles. The number of hydrogen-bond acceptors (Lipinski definition) is 8. The van der Waals surface area contributed by atoms with Crippen LogP contribution < -0.4 is 0 Å². The van der Waals surface area contributed by atoms with E-state index >= 15 is 0 Å². The van der Waals surface area contributed by atoms with E-state index in [1.165, 1.54) is 48.6 Å². The van der Waals surface area contributed by atoms with Gasteiger partial charge in [0.1, 0.15) is 13.2 Å². The molecule has 0 unspecified atom stereocenters. The molecule has 0 heterocycles. The van der Waals surface area contributed by atoms with Crippen LogP contribution in [0.25, 0.3) is 12.2 Å². The lowest BCUT2D eigenvalue weighted by molar-refractivity contribution is -0.385. The largest absolute Gasteiger partial charge is 0.458 e. The zero-order valence-corrected chi connectivity index (χ0v) is 18.8. The topological polar surface area (TPSA) is 139 Å². The second-order valence-electron chi connectivity index (χ2n) is 7.33. The predicted octanol–water partition coefficient (Wildman–Crippen LogP) is 5.02. The Morgan fingerprint density at radius 3 is 1.36 bits per heavy atom. The van der Waals surface area contributed by atoms with E-state index in [0.717, 1.165) is 12.2 Å². The quantitative estimate of drug-likeness (QED) is 0.168. The van der Waals surface area contributed by atoms with Gasteiger partial charge in [-0.2, -0.15) is 0 Å². The number of carbonyl (C=O) groups is 2. The molecular weight excluding hydrogens is 468 g/mol. The van der Waals surface area contributed by atoms with Crippen LogP contribution in [-0.2, 0) is 32.3 Å². The van der Waals surface area contributed by atoms with Crippen molar-refractivity contribution in [2.45, 2.75) is 13.2 Å². The van der Waals surface area contributed by atoms with Crippen molar-refractivity contribution in [1.82, 2.24) is 0 Å². The number of nitro groups is 2. The van der Waals surface area contributed by atoms with Crippen LogP contribution >= 0.6 is 0 Å². The molecule has 0 atom stereocenters.